The highest BCUT2D eigenvalue weighted by atomic mass is 19.4. The van der Waals surface area contributed by atoms with Gasteiger partial charge in [0.05, 0.1) is 35.8 Å². The number of amides is 1. The van der Waals surface area contributed by atoms with Gasteiger partial charge in [-0.05, 0) is 86.3 Å². The molecular formula is C32H30F3NO5. The summed E-state index contributed by atoms with van der Waals surface area (Å²) in [5, 5.41) is 0.292. The molecule has 1 aliphatic rings. The number of hydrogen-bond donors (Lipinski definition) is 0. The Morgan fingerprint density at radius 2 is 1.68 bits per heavy atom. The summed E-state index contributed by atoms with van der Waals surface area (Å²) in [6.07, 6.45) is -2.84. The quantitative estimate of drug-likeness (QED) is 0.204. The predicted molar refractivity (Wildman–Crippen MR) is 150 cm³/mol. The molecule has 1 aliphatic heterocycles. The standard InChI is InChI=1S/C32H30F3NO5/c1-5-7-13-40-24-12-11-20(16-26(24)39-6-2)28-27-29(37)23-14-18(3)19(4)15-25(23)41-30(27)31(38)36(28)22-10-8-9-21(17-22)32(33,34)35/h8-12,14-17,28H,5-7,13H2,1-4H3. The van der Waals surface area contributed by atoms with Crippen LogP contribution in [-0.4, -0.2) is 19.1 Å². The van der Waals surface area contributed by atoms with Crippen molar-refractivity contribution in [2.24, 2.45) is 0 Å². The molecule has 1 amide bonds. The molecule has 0 spiro atoms. The summed E-state index contributed by atoms with van der Waals surface area (Å²) in [7, 11) is 0. The van der Waals surface area contributed by atoms with E-state index in [1.165, 1.54) is 17.0 Å². The molecule has 4 aromatic rings. The van der Waals surface area contributed by atoms with Crippen LogP contribution in [0.15, 0.2) is 63.8 Å². The topological polar surface area (TPSA) is 69.0 Å². The fourth-order valence-electron chi connectivity index (χ4n) is 5.05. The molecule has 9 heteroatoms. The van der Waals surface area contributed by atoms with Crippen molar-refractivity contribution in [3.05, 3.63) is 98.4 Å². The second kappa shape index (κ2) is 11.0. The summed E-state index contributed by atoms with van der Waals surface area (Å²) in [6.45, 7) is 8.40. The molecule has 1 atom stereocenters. The first kappa shape index (κ1) is 28.3. The van der Waals surface area contributed by atoms with Crippen molar-refractivity contribution in [1.29, 1.82) is 0 Å². The predicted octanol–water partition coefficient (Wildman–Crippen LogP) is 7.76. The average molecular weight is 566 g/mol. The Labute approximate surface area is 235 Å². The average Bonchev–Trinajstić information content (AvgIpc) is 3.23. The number of benzene rings is 3. The van der Waals surface area contributed by atoms with Crippen LogP contribution in [0.3, 0.4) is 0 Å². The highest BCUT2D eigenvalue weighted by Gasteiger charge is 2.44. The molecule has 0 N–H and O–H groups in total. The van der Waals surface area contributed by atoms with Gasteiger partial charge in [0.15, 0.2) is 16.9 Å². The molecular weight excluding hydrogens is 535 g/mol. The summed E-state index contributed by atoms with van der Waals surface area (Å²) in [5.74, 6) is -0.00400. The van der Waals surface area contributed by atoms with Gasteiger partial charge in [-0.25, -0.2) is 0 Å². The Kier molecular flexibility index (Phi) is 7.55. The Morgan fingerprint density at radius 1 is 0.927 bits per heavy atom. The van der Waals surface area contributed by atoms with Gasteiger partial charge in [-0.3, -0.25) is 14.5 Å². The Morgan fingerprint density at radius 3 is 2.39 bits per heavy atom. The van der Waals surface area contributed by atoms with Crippen molar-refractivity contribution >= 4 is 22.6 Å². The number of aryl methyl sites for hydroxylation is 2. The molecule has 41 heavy (non-hydrogen) atoms. The van der Waals surface area contributed by atoms with Crippen LogP contribution >= 0.6 is 0 Å². The molecule has 0 bridgehead atoms. The Hall–Kier alpha value is -4.27. The largest absolute Gasteiger partial charge is 0.490 e. The van der Waals surface area contributed by atoms with Crippen molar-refractivity contribution < 1.29 is 31.9 Å². The van der Waals surface area contributed by atoms with Gasteiger partial charge >= 0.3 is 6.18 Å². The molecule has 6 nitrogen and oxygen atoms in total. The first-order chi connectivity index (χ1) is 19.5. The molecule has 0 saturated heterocycles. The van der Waals surface area contributed by atoms with Gasteiger partial charge in [-0.1, -0.05) is 25.5 Å². The maximum absolute atomic E-state index is 14.0. The lowest BCUT2D eigenvalue weighted by Gasteiger charge is -2.26. The van der Waals surface area contributed by atoms with Crippen LogP contribution in [0, 0.1) is 13.8 Å². The smallest absolute Gasteiger partial charge is 0.416 e. The lowest BCUT2D eigenvalue weighted by molar-refractivity contribution is -0.137. The number of hydrogen-bond acceptors (Lipinski definition) is 5. The summed E-state index contributed by atoms with van der Waals surface area (Å²) in [4.78, 5) is 29.1. The molecule has 214 valence electrons. The molecule has 1 aromatic heterocycles. The lowest BCUT2D eigenvalue weighted by Crippen LogP contribution is -2.29. The molecule has 0 radical (unpaired) electrons. The van der Waals surface area contributed by atoms with Crippen LogP contribution in [0.5, 0.6) is 11.5 Å². The maximum Gasteiger partial charge on any atom is 0.416 e. The van der Waals surface area contributed by atoms with Crippen molar-refractivity contribution in [3.63, 3.8) is 0 Å². The van der Waals surface area contributed by atoms with E-state index in [2.05, 4.69) is 0 Å². The van der Waals surface area contributed by atoms with Crippen LogP contribution in [0.2, 0.25) is 0 Å². The zero-order valence-electron chi connectivity index (χ0n) is 23.2. The number of halogens is 3. The third kappa shape index (κ3) is 5.16. The highest BCUT2D eigenvalue weighted by molar-refractivity contribution is 6.10. The van der Waals surface area contributed by atoms with E-state index < -0.39 is 29.1 Å². The molecule has 3 aromatic carbocycles. The normalized spacial score (nSPS) is 15.0. The second-order valence-corrected chi connectivity index (χ2v) is 10.1. The number of unbranched alkanes of at least 4 members (excludes halogenated alkanes) is 1. The van der Waals surface area contributed by atoms with Gasteiger partial charge in [0.2, 0.25) is 5.76 Å². The van der Waals surface area contributed by atoms with Crippen molar-refractivity contribution in [2.45, 2.75) is 52.8 Å². The van der Waals surface area contributed by atoms with E-state index in [0.29, 0.717) is 35.7 Å². The van der Waals surface area contributed by atoms with E-state index in [1.807, 2.05) is 27.7 Å². The van der Waals surface area contributed by atoms with E-state index in [9.17, 15) is 22.8 Å². The zero-order chi connectivity index (χ0) is 29.5. The summed E-state index contributed by atoms with van der Waals surface area (Å²) in [6, 6.07) is 11.9. The van der Waals surface area contributed by atoms with Crippen LogP contribution in [0.4, 0.5) is 18.9 Å². The monoisotopic (exact) mass is 565 g/mol. The number of carbonyl (C=O) groups excluding carboxylic acids is 1. The zero-order valence-corrected chi connectivity index (χ0v) is 23.2. The van der Waals surface area contributed by atoms with Gasteiger partial charge < -0.3 is 13.9 Å². The maximum atomic E-state index is 14.0. The van der Waals surface area contributed by atoms with Gasteiger partial charge in [0, 0.05) is 5.69 Å². The fraction of sp³-hybridized carbons (Fsp3) is 0.312. The number of fused-ring (bicyclic) bond motifs is 2. The van der Waals surface area contributed by atoms with E-state index >= 15 is 0 Å². The van der Waals surface area contributed by atoms with Crippen LogP contribution in [0.25, 0.3) is 11.0 Å². The SMILES string of the molecule is CCCCOc1ccc(C2c3c(oc4cc(C)c(C)cc4c3=O)C(=O)N2c2cccc(C(F)(F)F)c2)cc1OCC. The minimum absolute atomic E-state index is 0.0155. The highest BCUT2D eigenvalue weighted by Crippen LogP contribution is 2.44. The fourth-order valence-corrected chi connectivity index (χ4v) is 5.05. The summed E-state index contributed by atoms with van der Waals surface area (Å²) >= 11 is 0. The second-order valence-electron chi connectivity index (χ2n) is 10.1. The number of rotatable bonds is 8. The molecule has 0 saturated carbocycles. The molecule has 0 fully saturated rings. The lowest BCUT2D eigenvalue weighted by atomic mass is 9.96. The van der Waals surface area contributed by atoms with Crippen LogP contribution in [0.1, 0.15) is 71.1 Å². The number of nitrogens with zero attached hydrogens (tertiary/aromatic N) is 1. The third-order valence-electron chi connectivity index (χ3n) is 7.28. The van der Waals surface area contributed by atoms with E-state index in [1.54, 1.807) is 30.3 Å². The van der Waals surface area contributed by atoms with Gasteiger partial charge in [-0.2, -0.15) is 13.2 Å². The number of ether oxygens (including phenoxy) is 2. The molecule has 2 heterocycles. The Balaban J connectivity index is 1.75. The number of alkyl halides is 3. The third-order valence-corrected chi connectivity index (χ3v) is 7.28. The van der Waals surface area contributed by atoms with E-state index in [4.69, 9.17) is 13.9 Å². The molecule has 0 aliphatic carbocycles. The summed E-state index contributed by atoms with van der Waals surface area (Å²) in [5.41, 5.74) is 1.16. The van der Waals surface area contributed by atoms with E-state index in [0.717, 1.165) is 36.1 Å². The van der Waals surface area contributed by atoms with Crippen LogP contribution in [-0.2, 0) is 6.18 Å². The molecule has 1 unspecified atom stereocenters. The minimum atomic E-state index is -4.63. The van der Waals surface area contributed by atoms with Crippen molar-refractivity contribution in [3.8, 4) is 11.5 Å². The summed E-state index contributed by atoms with van der Waals surface area (Å²) < 4.78 is 58.8. The number of carbonyl (C=O) groups is 1. The van der Waals surface area contributed by atoms with Gasteiger partial charge in [-0.15, -0.1) is 0 Å². The minimum Gasteiger partial charge on any atom is -0.490 e. The van der Waals surface area contributed by atoms with Gasteiger partial charge in [0.1, 0.15) is 5.58 Å². The molecule has 5 rings (SSSR count). The first-order valence-electron chi connectivity index (χ1n) is 13.5. The van der Waals surface area contributed by atoms with Gasteiger partial charge in [0.25, 0.3) is 5.91 Å². The number of anilines is 1. The first-order valence-corrected chi connectivity index (χ1v) is 13.5. The van der Waals surface area contributed by atoms with Crippen LogP contribution < -0.4 is 19.8 Å². The van der Waals surface area contributed by atoms with Crippen molar-refractivity contribution in [2.75, 3.05) is 18.1 Å². The van der Waals surface area contributed by atoms with Crippen molar-refractivity contribution in [1.82, 2.24) is 0 Å². The Bertz CT molecular complexity index is 1690. The van der Waals surface area contributed by atoms with E-state index in [-0.39, 0.29) is 22.6 Å².